The fourth-order valence-corrected chi connectivity index (χ4v) is 1.09. The maximum Gasteiger partial charge on any atom is 0.225 e. The first-order valence-electron chi connectivity index (χ1n) is 5.27. The van der Waals surface area contributed by atoms with Crippen molar-refractivity contribution in [3.8, 4) is 0 Å². The van der Waals surface area contributed by atoms with Crippen LogP contribution in [0.5, 0.6) is 0 Å². The standard InChI is InChI=1S/C11H18N6/c1-4-6-13-10(12)15-8-9-5-7-14-11(16-9)17(2)3/h4-5,7H,1,6,8H2,2-3H3,(H3,12,13,15). The molecular formula is C11H18N6. The highest BCUT2D eigenvalue weighted by Gasteiger charge is 2.00. The highest BCUT2D eigenvalue weighted by Crippen LogP contribution is 2.04. The van der Waals surface area contributed by atoms with Crippen LogP contribution in [0.3, 0.4) is 0 Å². The van der Waals surface area contributed by atoms with E-state index in [9.17, 15) is 0 Å². The maximum atomic E-state index is 5.64. The van der Waals surface area contributed by atoms with E-state index in [0.29, 0.717) is 25.0 Å². The van der Waals surface area contributed by atoms with Crippen LogP contribution < -0.4 is 16.0 Å². The molecule has 92 valence electrons. The fraction of sp³-hybridized carbons (Fsp3) is 0.364. The molecule has 0 saturated heterocycles. The molecule has 1 aromatic heterocycles. The SMILES string of the molecule is C=CCNC(N)=NCc1ccnc(N(C)C)n1. The summed E-state index contributed by atoms with van der Waals surface area (Å²) in [6, 6.07) is 1.82. The summed E-state index contributed by atoms with van der Waals surface area (Å²) >= 11 is 0. The summed E-state index contributed by atoms with van der Waals surface area (Å²) in [5.74, 6) is 1.05. The molecule has 0 fully saturated rings. The second-order valence-corrected chi connectivity index (χ2v) is 3.61. The van der Waals surface area contributed by atoms with Crippen LogP contribution in [-0.2, 0) is 6.54 Å². The third-order valence-electron chi connectivity index (χ3n) is 1.94. The number of hydrogen-bond donors (Lipinski definition) is 2. The lowest BCUT2D eigenvalue weighted by atomic mass is 10.4. The molecule has 0 bridgehead atoms. The number of aromatic nitrogens is 2. The lowest BCUT2D eigenvalue weighted by molar-refractivity contribution is 0.905. The lowest BCUT2D eigenvalue weighted by Crippen LogP contribution is -2.31. The average Bonchev–Trinajstić information content (AvgIpc) is 2.34. The average molecular weight is 234 g/mol. The Bertz CT molecular complexity index is 399. The largest absolute Gasteiger partial charge is 0.370 e. The summed E-state index contributed by atoms with van der Waals surface area (Å²) in [6.45, 7) is 4.61. The molecule has 1 aromatic rings. The van der Waals surface area contributed by atoms with Crippen LogP contribution >= 0.6 is 0 Å². The zero-order valence-corrected chi connectivity index (χ0v) is 10.2. The Labute approximate surface area is 101 Å². The van der Waals surface area contributed by atoms with Crippen LogP contribution in [0.15, 0.2) is 29.9 Å². The van der Waals surface area contributed by atoms with Crippen LogP contribution in [0.25, 0.3) is 0 Å². The van der Waals surface area contributed by atoms with Crippen LogP contribution in [0.1, 0.15) is 5.69 Å². The molecule has 0 radical (unpaired) electrons. The summed E-state index contributed by atoms with van der Waals surface area (Å²) in [5, 5.41) is 2.90. The Kier molecular flexibility index (Phi) is 4.93. The van der Waals surface area contributed by atoms with Crippen molar-refractivity contribution in [2.75, 3.05) is 25.5 Å². The first-order valence-corrected chi connectivity index (χ1v) is 5.27. The molecule has 0 spiro atoms. The molecule has 1 heterocycles. The van der Waals surface area contributed by atoms with E-state index in [2.05, 4.69) is 26.9 Å². The molecule has 17 heavy (non-hydrogen) atoms. The third kappa shape index (κ3) is 4.50. The van der Waals surface area contributed by atoms with E-state index in [1.165, 1.54) is 0 Å². The van der Waals surface area contributed by atoms with Gasteiger partial charge >= 0.3 is 0 Å². The van der Waals surface area contributed by atoms with Gasteiger partial charge in [0.15, 0.2) is 5.96 Å². The molecule has 0 aliphatic heterocycles. The van der Waals surface area contributed by atoms with Crippen LogP contribution in [0.2, 0.25) is 0 Å². The number of nitrogens with zero attached hydrogens (tertiary/aromatic N) is 4. The van der Waals surface area contributed by atoms with Crippen molar-refractivity contribution in [2.45, 2.75) is 6.54 Å². The summed E-state index contributed by atoms with van der Waals surface area (Å²) in [5.41, 5.74) is 6.47. The maximum absolute atomic E-state index is 5.64. The molecule has 0 atom stereocenters. The molecule has 0 aliphatic carbocycles. The number of nitrogens with two attached hydrogens (primary N) is 1. The minimum Gasteiger partial charge on any atom is -0.370 e. The zero-order valence-electron chi connectivity index (χ0n) is 10.2. The van der Waals surface area contributed by atoms with Crippen molar-refractivity contribution in [2.24, 2.45) is 10.7 Å². The predicted molar refractivity (Wildman–Crippen MR) is 69.9 cm³/mol. The van der Waals surface area contributed by atoms with E-state index >= 15 is 0 Å². The number of hydrogen-bond acceptors (Lipinski definition) is 4. The number of aliphatic imine (C=N–C) groups is 1. The quantitative estimate of drug-likeness (QED) is 0.430. The molecule has 0 saturated carbocycles. The number of guanidine groups is 1. The molecule has 0 amide bonds. The number of nitrogens with one attached hydrogen (secondary N) is 1. The van der Waals surface area contributed by atoms with E-state index in [-0.39, 0.29) is 0 Å². The Morgan fingerprint density at radius 2 is 2.41 bits per heavy atom. The summed E-state index contributed by atoms with van der Waals surface area (Å²) in [4.78, 5) is 14.4. The van der Waals surface area contributed by atoms with Gasteiger partial charge in [-0.05, 0) is 6.07 Å². The Morgan fingerprint density at radius 1 is 1.65 bits per heavy atom. The van der Waals surface area contributed by atoms with Crippen LogP contribution in [-0.4, -0.2) is 36.6 Å². The monoisotopic (exact) mass is 234 g/mol. The van der Waals surface area contributed by atoms with E-state index in [4.69, 9.17) is 5.73 Å². The summed E-state index contributed by atoms with van der Waals surface area (Å²) in [6.07, 6.45) is 3.43. The smallest absolute Gasteiger partial charge is 0.225 e. The van der Waals surface area contributed by atoms with Gasteiger partial charge in [0.05, 0.1) is 12.2 Å². The zero-order chi connectivity index (χ0) is 12.7. The minimum absolute atomic E-state index is 0.384. The van der Waals surface area contributed by atoms with Gasteiger partial charge in [-0.15, -0.1) is 6.58 Å². The molecule has 0 unspecified atom stereocenters. The molecule has 3 N–H and O–H groups in total. The lowest BCUT2D eigenvalue weighted by Gasteiger charge is -2.10. The van der Waals surface area contributed by atoms with Gasteiger partial charge in [0.25, 0.3) is 0 Å². The molecule has 1 rings (SSSR count). The second-order valence-electron chi connectivity index (χ2n) is 3.61. The van der Waals surface area contributed by atoms with Crippen molar-refractivity contribution in [1.82, 2.24) is 15.3 Å². The van der Waals surface area contributed by atoms with Crippen molar-refractivity contribution in [3.63, 3.8) is 0 Å². The normalized spacial score (nSPS) is 11.1. The molecule has 0 aliphatic rings. The molecule has 6 nitrogen and oxygen atoms in total. The van der Waals surface area contributed by atoms with Crippen molar-refractivity contribution in [3.05, 3.63) is 30.6 Å². The van der Waals surface area contributed by atoms with Gasteiger partial charge in [-0.3, -0.25) is 0 Å². The topological polar surface area (TPSA) is 79.4 Å². The van der Waals surface area contributed by atoms with E-state index in [1.807, 2.05) is 25.1 Å². The number of anilines is 1. The summed E-state index contributed by atoms with van der Waals surface area (Å²) < 4.78 is 0. The Morgan fingerprint density at radius 3 is 3.06 bits per heavy atom. The van der Waals surface area contributed by atoms with Gasteiger partial charge in [0.1, 0.15) is 0 Å². The van der Waals surface area contributed by atoms with Gasteiger partial charge < -0.3 is 16.0 Å². The van der Waals surface area contributed by atoms with Gasteiger partial charge in [-0.2, -0.15) is 0 Å². The van der Waals surface area contributed by atoms with Crippen LogP contribution in [0, 0.1) is 0 Å². The highest BCUT2D eigenvalue weighted by molar-refractivity contribution is 5.77. The van der Waals surface area contributed by atoms with E-state index in [1.54, 1.807) is 12.3 Å². The van der Waals surface area contributed by atoms with Gasteiger partial charge in [0, 0.05) is 26.8 Å². The van der Waals surface area contributed by atoms with E-state index < -0.39 is 0 Å². The van der Waals surface area contributed by atoms with E-state index in [0.717, 1.165) is 5.69 Å². The predicted octanol–water partition coefficient (Wildman–Crippen LogP) is 0.133. The Balaban J connectivity index is 2.62. The minimum atomic E-state index is 0.384. The Hall–Kier alpha value is -2.11. The summed E-state index contributed by atoms with van der Waals surface area (Å²) in [7, 11) is 3.78. The van der Waals surface area contributed by atoms with Crippen molar-refractivity contribution in [1.29, 1.82) is 0 Å². The van der Waals surface area contributed by atoms with Gasteiger partial charge in [-0.25, -0.2) is 15.0 Å². The third-order valence-corrected chi connectivity index (χ3v) is 1.94. The van der Waals surface area contributed by atoms with Gasteiger partial charge in [-0.1, -0.05) is 6.08 Å². The fourth-order valence-electron chi connectivity index (χ4n) is 1.09. The van der Waals surface area contributed by atoms with Gasteiger partial charge in [0.2, 0.25) is 5.95 Å². The van der Waals surface area contributed by atoms with Crippen molar-refractivity contribution < 1.29 is 0 Å². The highest BCUT2D eigenvalue weighted by atomic mass is 15.2. The second kappa shape index (κ2) is 6.47. The molecular weight excluding hydrogens is 216 g/mol. The van der Waals surface area contributed by atoms with Crippen molar-refractivity contribution >= 4 is 11.9 Å². The molecule has 0 aromatic carbocycles. The number of rotatable bonds is 5. The van der Waals surface area contributed by atoms with Crippen LogP contribution in [0.4, 0.5) is 5.95 Å². The first-order chi connectivity index (χ1) is 8.13. The first kappa shape index (κ1) is 13.0. The molecule has 6 heteroatoms.